The number of aliphatic imine (C=N–C) groups is 1. The van der Waals surface area contributed by atoms with E-state index in [-0.39, 0.29) is 12.4 Å². The van der Waals surface area contributed by atoms with Crippen molar-refractivity contribution in [2.75, 3.05) is 27.3 Å². The summed E-state index contributed by atoms with van der Waals surface area (Å²) >= 11 is 0. The van der Waals surface area contributed by atoms with Gasteiger partial charge in [-0.15, -0.1) is 0 Å². The number of guanidine groups is 1. The van der Waals surface area contributed by atoms with Crippen LogP contribution in [0.25, 0.3) is 0 Å². The van der Waals surface area contributed by atoms with Crippen LogP contribution in [-0.2, 0) is 17.9 Å². The van der Waals surface area contributed by atoms with Crippen molar-refractivity contribution in [2.45, 2.75) is 13.2 Å². The number of nitrogens with zero attached hydrogens (tertiary/aromatic N) is 1. The van der Waals surface area contributed by atoms with E-state index >= 15 is 0 Å². The molecule has 0 aromatic heterocycles. The predicted octanol–water partition coefficient (Wildman–Crippen LogP) is 2.72. The zero-order chi connectivity index (χ0) is 17.9. The van der Waals surface area contributed by atoms with Crippen LogP contribution in [0.4, 0.5) is 4.39 Å². The lowest BCUT2D eigenvalue weighted by molar-refractivity contribution is 0.181. The maximum atomic E-state index is 13.6. The van der Waals surface area contributed by atoms with Crippen LogP contribution in [0.5, 0.6) is 5.75 Å². The molecule has 25 heavy (non-hydrogen) atoms. The van der Waals surface area contributed by atoms with Gasteiger partial charge in [0.2, 0.25) is 0 Å². The second-order valence-corrected chi connectivity index (χ2v) is 5.37. The first-order valence-corrected chi connectivity index (χ1v) is 8.11. The molecule has 6 heteroatoms. The van der Waals surface area contributed by atoms with Gasteiger partial charge in [-0.3, -0.25) is 4.99 Å². The number of nitrogens with one attached hydrogen (secondary N) is 2. The quantitative estimate of drug-likeness (QED) is 0.439. The molecule has 0 saturated heterocycles. The van der Waals surface area contributed by atoms with E-state index in [0.717, 1.165) is 11.3 Å². The summed E-state index contributed by atoms with van der Waals surface area (Å²) in [6.45, 7) is 1.94. The number of hydrogen-bond acceptors (Lipinski definition) is 3. The molecular formula is C19H24FN3O2. The minimum absolute atomic E-state index is 0.253. The average Bonchev–Trinajstić information content (AvgIpc) is 2.64. The van der Waals surface area contributed by atoms with Crippen LogP contribution in [0.2, 0.25) is 0 Å². The fourth-order valence-electron chi connectivity index (χ4n) is 2.27. The van der Waals surface area contributed by atoms with Crippen LogP contribution >= 0.6 is 0 Å². The SMILES string of the molecule is CN=C(NCCOc1ccccc1)NCc1ccc(F)c(COC)c1. The third-order valence-electron chi connectivity index (χ3n) is 3.50. The monoisotopic (exact) mass is 345 g/mol. The average molecular weight is 345 g/mol. The van der Waals surface area contributed by atoms with Gasteiger partial charge < -0.3 is 20.1 Å². The fraction of sp³-hybridized carbons (Fsp3) is 0.316. The molecule has 0 heterocycles. The Kier molecular flexibility index (Phi) is 7.72. The van der Waals surface area contributed by atoms with Crippen molar-refractivity contribution in [3.05, 3.63) is 65.5 Å². The van der Waals surface area contributed by atoms with Crippen molar-refractivity contribution in [2.24, 2.45) is 4.99 Å². The van der Waals surface area contributed by atoms with Gasteiger partial charge in [0.25, 0.3) is 0 Å². The van der Waals surface area contributed by atoms with E-state index < -0.39 is 0 Å². The summed E-state index contributed by atoms with van der Waals surface area (Å²) < 4.78 is 24.2. The molecule has 0 unspecified atom stereocenters. The Morgan fingerprint density at radius 3 is 2.64 bits per heavy atom. The second kappa shape index (κ2) is 10.3. The van der Waals surface area contributed by atoms with E-state index in [9.17, 15) is 4.39 Å². The van der Waals surface area contributed by atoms with E-state index in [2.05, 4.69) is 15.6 Å². The van der Waals surface area contributed by atoms with Crippen LogP contribution < -0.4 is 15.4 Å². The summed E-state index contributed by atoms with van der Waals surface area (Å²) in [5.41, 5.74) is 1.50. The van der Waals surface area contributed by atoms with Gasteiger partial charge in [0, 0.05) is 26.3 Å². The summed E-state index contributed by atoms with van der Waals surface area (Å²) in [5.74, 6) is 1.24. The number of methoxy groups -OCH3 is 1. The molecular weight excluding hydrogens is 321 g/mol. The number of rotatable bonds is 8. The molecule has 2 aromatic carbocycles. The highest BCUT2D eigenvalue weighted by Crippen LogP contribution is 2.11. The lowest BCUT2D eigenvalue weighted by Crippen LogP contribution is -2.38. The van der Waals surface area contributed by atoms with E-state index in [1.807, 2.05) is 30.3 Å². The summed E-state index contributed by atoms with van der Waals surface area (Å²) in [7, 11) is 3.25. The van der Waals surface area contributed by atoms with Crippen LogP contribution in [0.3, 0.4) is 0 Å². The first kappa shape index (κ1) is 18.7. The van der Waals surface area contributed by atoms with Crippen molar-refractivity contribution < 1.29 is 13.9 Å². The minimum Gasteiger partial charge on any atom is -0.492 e. The first-order valence-electron chi connectivity index (χ1n) is 8.11. The molecule has 0 aliphatic rings. The highest BCUT2D eigenvalue weighted by atomic mass is 19.1. The largest absolute Gasteiger partial charge is 0.492 e. The number of halogens is 1. The molecule has 0 fully saturated rings. The lowest BCUT2D eigenvalue weighted by atomic mass is 10.1. The topological polar surface area (TPSA) is 54.9 Å². The maximum Gasteiger partial charge on any atom is 0.191 e. The Bertz CT molecular complexity index is 678. The third-order valence-corrected chi connectivity index (χ3v) is 3.50. The molecule has 0 atom stereocenters. The van der Waals surface area contributed by atoms with Crippen LogP contribution in [0, 0.1) is 5.82 Å². The van der Waals surface area contributed by atoms with Crippen molar-refractivity contribution in [3.8, 4) is 5.75 Å². The summed E-state index contributed by atoms with van der Waals surface area (Å²) in [5, 5.41) is 6.37. The minimum atomic E-state index is -0.258. The number of hydrogen-bond donors (Lipinski definition) is 2. The highest BCUT2D eigenvalue weighted by Gasteiger charge is 2.04. The molecule has 134 valence electrons. The normalized spacial score (nSPS) is 11.2. The van der Waals surface area contributed by atoms with E-state index in [1.54, 1.807) is 26.3 Å². The molecule has 0 bridgehead atoms. The van der Waals surface area contributed by atoms with Gasteiger partial charge >= 0.3 is 0 Å². The standard InChI is InChI=1S/C19H24FN3O2/c1-21-19(22-10-11-25-17-6-4-3-5-7-17)23-13-15-8-9-18(20)16(12-15)14-24-2/h3-9,12H,10-11,13-14H2,1-2H3,(H2,21,22,23). The molecule has 0 amide bonds. The smallest absolute Gasteiger partial charge is 0.191 e. The Labute approximate surface area is 147 Å². The predicted molar refractivity (Wildman–Crippen MR) is 97.3 cm³/mol. The Morgan fingerprint density at radius 2 is 1.92 bits per heavy atom. The third kappa shape index (κ3) is 6.43. The van der Waals surface area contributed by atoms with Gasteiger partial charge in [0.1, 0.15) is 18.2 Å². The first-order chi connectivity index (χ1) is 12.2. The van der Waals surface area contributed by atoms with Gasteiger partial charge in [-0.05, 0) is 29.8 Å². The molecule has 0 saturated carbocycles. The van der Waals surface area contributed by atoms with Crippen LogP contribution in [-0.4, -0.2) is 33.3 Å². The summed E-state index contributed by atoms with van der Waals surface area (Å²) in [6.07, 6.45) is 0. The Hall–Kier alpha value is -2.60. The Balaban J connectivity index is 1.75. The van der Waals surface area contributed by atoms with Gasteiger partial charge in [0.15, 0.2) is 5.96 Å². The molecule has 0 radical (unpaired) electrons. The molecule has 2 aromatic rings. The summed E-state index contributed by atoms with van der Waals surface area (Å²) in [4.78, 5) is 4.16. The highest BCUT2D eigenvalue weighted by molar-refractivity contribution is 5.79. The molecule has 5 nitrogen and oxygen atoms in total. The Morgan fingerprint density at radius 1 is 1.12 bits per heavy atom. The molecule has 0 spiro atoms. The van der Waals surface area contributed by atoms with Crippen LogP contribution in [0.1, 0.15) is 11.1 Å². The molecule has 2 N–H and O–H groups in total. The van der Waals surface area contributed by atoms with Crippen molar-refractivity contribution in [3.63, 3.8) is 0 Å². The molecule has 0 aliphatic carbocycles. The maximum absolute atomic E-state index is 13.6. The van der Waals surface area contributed by atoms with Crippen molar-refractivity contribution >= 4 is 5.96 Å². The van der Waals surface area contributed by atoms with E-state index in [4.69, 9.17) is 9.47 Å². The fourth-order valence-corrected chi connectivity index (χ4v) is 2.27. The second-order valence-electron chi connectivity index (χ2n) is 5.37. The van der Waals surface area contributed by atoms with Gasteiger partial charge in [-0.25, -0.2) is 4.39 Å². The zero-order valence-corrected chi connectivity index (χ0v) is 14.6. The van der Waals surface area contributed by atoms with Gasteiger partial charge in [0.05, 0.1) is 13.2 Å². The van der Waals surface area contributed by atoms with Crippen LogP contribution in [0.15, 0.2) is 53.5 Å². The molecule has 0 aliphatic heterocycles. The number of benzene rings is 2. The zero-order valence-electron chi connectivity index (χ0n) is 14.6. The number of ether oxygens (including phenoxy) is 2. The van der Waals surface area contributed by atoms with E-state index in [1.165, 1.54) is 6.07 Å². The van der Waals surface area contributed by atoms with Crippen molar-refractivity contribution in [1.29, 1.82) is 0 Å². The van der Waals surface area contributed by atoms with E-state index in [0.29, 0.717) is 31.2 Å². The van der Waals surface area contributed by atoms with Crippen molar-refractivity contribution in [1.82, 2.24) is 10.6 Å². The molecule has 2 rings (SSSR count). The lowest BCUT2D eigenvalue weighted by Gasteiger charge is -2.13. The number of para-hydroxylation sites is 1. The summed E-state index contributed by atoms with van der Waals surface area (Å²) in [6, 6.07) is 14.6. The van der Waals surface area contributed by atoms with Gasteiger partial charge in [-0.2, -0.15) is 0 Å². The van der Waals surface area contributed by atoms with Gasteiger partial charge in [-0.1, -0.05) is 24.3 Å².